The molecule has 2 heterocycles. The number of benzene rings is 1. The van der Waals surface area contributed by atoms with Gasteiger partial charge in [-0.3, -0.25) is 9.59 Å². The number of halogens is 2. The maximum Gasteiger partial charge on any atom is 0.263 e. The summed E-state index contributed by atoms with van der Waals surface area (Å²) in [6, 6.07) is 7.23. The molecule has 1 aromatic carbocycles. The largest absolute Gasteiger partial charge is 0.479 e. The molecule has 2 saturated heterocycles. The molecule has 0 spiro atoms. The highest BCUT2D eigenvalue weighted by Crippen LogP contribution is 2.25. The van der Waals surface area contributed by atoms with Crippen LogP contribution in [0.2, 0.25) is 5.02 Å². The van der Waals surface area contributed by atoms with Crippen molar-refractivity contribution in [1.82, 2.24) is 15.1 Å². The molecule has 2 fully saturated rings. The van der Waals surface area contributed by atoms with Gasteiger partial charge in [-0.1, -0.05) is 23.7 Å². The van der Waals surface area contributed by atoms with Crippen molar-refractivity contribution in [2.45, 2.75) is 31.9 Å². The molecule has 0 radical (unpaired) electrons. The number of rotatable bonds is 4. The van der Waals surface area contributed by atoms with Gasteiger partial charge in [0.05, 0.1) is 11.6 Å². The van der Waals surface area contributed by atoms with Crippen molar-refractivity contribution in [3.05, 3.63) is 29.3 Å². The van der Waals surface area contributed by atoms with Crippen molar-refractivity contribution in [3.63, 3.8) is 0 Å². The number of piperazine rings is 1. The smallest absolute Gasteiger partial charge is 0.263 e. The van der Waals surface area contributed by atoms with E-state index in [9.17, 15) is 9.59 Å². The van der Waals surface area contributed by atoms with Gasteiger partial charge < -0.3 is 19.9 Å². The van der Waals surface area contributed by atoms with Crippen molar-refractivity contribution >= 4 is 35.8 Å². The summed E-state index contributed by atoms with van der Waals surface area (Å²) in [4.78, 5) is 28.6. The minimum atomic E-state index is -0.614. The standard InChI is InChI=1S/C18H24ClN3O3.ClH/c1-13(25-16-7-3-2-6-15(16)19)18(24)21-9-4-5-14(12-21)22-10-8-20-11-17(22)23;/h2-3,6-7,13-14,20H,4-5,8-12H2,1H3;1H. The van der Waals surface area contributed by atoms with Crippen LogP contribution in [0.15, 0.2) is 24.3 Å². The topological polar surface area (TPSA) is 61.9 Å². The minimum Gasteiger partial charge on any atom is -0.479 e. The van der Waals surface area contributed by atoms with Gasteiger partial charge in [0, 0.05) is 32.2 Å². The van der Waals surface area contributed by atoms with E-state index >= 15 is 0 Å². The third-order valence-corrected chi connectivity index (χ3v) is 5.08. The Morgan fingerprint density at radius 2 is 2.12 bits per heavy atom. The number of nitrogens with one attached hydrogen (secondary N) is 1. The van der Waals surface area contributed by atoms with Gasteiger partial charge in [0.2, 0.25) is 5.91 Å². The van der Waals surface area contributed by atoms with Crippen molar-refractivity contribution in [2.24, 2.45) is 0 Å². The summed E-state index contributed by atoms with van der Waals surface area (Å²) in [5.41, 5.74) is 0. The molecule has 2 amide bonds. The highest BCUT2D eigenvalue weighted by molar-refractivity contribution is 6.32. The van der Waals surface area contributed by atoms with Crippen LogP contribution >= 0.6 is 24.0 Å². The molecule has 3 rings (SSSR count). The van der Waals surface area contributed by atoms with Gasteiger partial charge in [0.25, 0.3) is 5.91 Å². The van der Waals surface area contributed by atoms with Crippen LogP contribution in [0.5, 0.6) is 5.75 Å². The summed E-state index contributed by atoms with van der Waals surface area (Å²) in [5.74, 6) is 0.564. The first-order valence-corrected chi connectivity index (χ1v) is 9.14. The number of nitrogens with zero attached hydrogens (tertiary/aromatic N) is 2. The average molecular weight is 402 g/mol. The predicted molar refractivity (Wildman–Crippen MR) is 103 cm³/mol. The normalized spacial score (nSPS) is 21.8. The van der Waals surface area contributed by atoms with Crippen molar-refractivity contribution in [2.75, 3.05) is 32.7 Å². The molecule has 26 heavy (non-hydrogen) atoms. The lowest BCUT2D eigenvalue weighted by atomic mass is 10.0. The summed E-state index contributed by atoms with van der Waals surface area (Å²) in [7, 11) is 0. The van der Waals surface area contributed by atoms with Gasteiger partial charge in [-0.2, -0.15) is 0 Å². The van der Waals surface area contributed by atoms with Gasteiger partial charge in [0.1, 0.15) is 5.75 Å². The number of para-hydroxylation sites is 1. The number of ether oxygens (including phenoxy) is 1. The Bertz CT molecular complexity index is 644. The fraction of sp³-hybridized carbons (Fsp3) is 0.556. The molecule has 144 valence electrons. The van der Waals surface area contributed by atoms with Gasteiger partial charge in [-0.25, -0.2) is 0 Å². The van der Waals surface area contributed by atoms with E-state index in [-0.39, 0.29) is 30.3 Å². The molecule has 2 aliphatic heterocycles. The number of likely N-dealkylation sites (tertiary alicyclic amines) is 1. The van der Waals surface area contributed by atoms with E-state index in [0.29, 0.717) is 37.0 Å². The second-order valence-corrected chi connectivity index (χ2v) is 6.94. The number of amides is 2. The number of hydrogen-bond donors (Lipinski definition) is 1. The first kappa shape index (κ1) is 20.8. The van der Waals surface area contributed by atoms with E-state index in [1.807, 2.05) is 21.9 Å². The highest BCUT2D eigenvalue weighted by Gasteiger charge is 2.33. The van der Waals surface area contributed by atoms with Crippen LogP contribution in [-0.2, 0) is 9.59 Å². The Balaban J connectivity index is 0.00000243. The Kier molecular flexibility index (Phi) is 7.55. The van der Waals surface area contributed by atoms with Crippen LogP contribution in [0.3, 0.4) is 0 Å². The van der Waals surface area contributed by atoms with Crippen molar-refractivity contribution in [3.8, 4) is 5.75 Å². The summed E-state index contributed by atoms with van der Waals surface area (Å²) in [6.07, 6.45) is 1.22. The van der Waals surface area contributed by atoms with E-state index in [2.05, 4.69) is 5.32 Å². The van der Waals surface area contributed by atoms with Crippen LogP contribution < -0.4 is 10.1 Å². The summed E-state index contributed by atoms with van der Waals surface area (Å²) >= 11 is 6.10. The van der Waals surface area contributed by atoms with Crippen LogP contribution in [-0.4, -0.2) is 66.5 Å². The maximum absolute atomic E-state index is 12.8. The first-order valence-electron chi connectivity index (χ1n) is 8.76. The van der Waals surface area contributed by atoms with E-state index in [0.717, 1.165) is 19.4 Å². The zero-order valence-corrected chi connectivity index (χ0v) is 16.4. The van der Waals surface area contributed by atoms with Crippen LogP contribution in [0.25, 0.3) is 0 Å². The zero-order valence-electron chi connectivity index (χ0n) is 14.8. The number of carbonyl (C=O) groups is 2. The fourth-order valence-corrected chi connectivity index (χ4v) is 3.64. The van der Waals surface area contributed by atoms with Gasteiger partial charge in [-0.15, -0.1) is 12.4 Å². The minimum absolute atomic E-state index is 0. The number of piperidine rings is 1. The summed E-state index contributed by atoms with van der Waals surface area (Å²) in [6.45, 7) is 4.91. The third-order valence-electron chi connectivity index (χ3n) is 4.76. The Labute approximate surface area is 165 Å². The quantitative estimate of drug-likeness (QED) is 0.837. The first-order chi connectivity index (χ1) is 12.1. The molecule has 0 aliphatic carbocycles. The monoisotopic (exact) mass is 401 g/mol. The Morgan fingerprint density at radius 1 is 1.35 bits per heavy atom. The van der Waals surface area contributed by atoms with E-state index < -0.39 is 6.10 Å². The molecule has 1 aromatic rings. The van der Waals surface area contributed by atoms with Crippen molar-refractivity contribution in [1.29, 1.82) is 0 Å². The Morgan fingerprint density at radius 3 is 2.85 bits per heavy atom. The molecule has 0 saturated carbocycles. The molecule has 0 aromatic heterocycles. The second-order valence-electron chi connectivity index (χ2n) is 6.53. The molecule has 0 bridgehead atoms. The zero-order chi connectivity index (χ0) is 17.8. The number of hydrogen-bond acceptors (Lipinski definition) is 4. The molecule has 2 aliphatic rings. The lowest BCUT2D eigenvalue weighted by Gasteiger charge is -2.41. The van der Waals surface area contributed by atoms with Crippen LogP contribution in [0, 0.1) is 0 Å². The lowest BCUT2D eigenvalue weighted by molar-refractivity contribution is -0.144. The highest BCUT2D eigenvalue weighted by atomic mass is 35.5. The average Bonchev–Trinajstić information content (AvgIpc) is 2.63. The SMILES string of the molecule is CC(Oc1ccccc1Cl)C(=O)N1CCCC(N2CCNCC2=O)C1.Cl. The molecule has 1 N–H and O–H groups in total. The molecule has 6 nitrogen and oxygen atoms in total. The molecular weight excluding hydrogens is 377 g/mol. The van der Waals surface area contributed by atoms with Crippen LogP contribution in [0.4, 0.5) is 0 Å². The molecule has 8 heteroatoms. The van der Waals surface area contributed by atoms with Gasteiger partial charge in [-0.05, 0) is 31.9 Å². The molecule has 2 unspecified atom stereocenters. The van der Waals surface area contributed by atoms with Gasteiger partial charge in [0.15, 0.2) is 6.10 Å². The summed E-state index contributed by atoms with van der Waals surface area (Å²) in [5, 5.41) is 3.57. The van der Waals surface area contributed by atoms with Crippen molar-refractivity contribution < 1.29 is 14.3 Å². The van der Waals surface area contributed by atoms with E-state index in [1.54, 1.807) is 19.1 Å². The molecular formula is C18H25Cl2N3O3. The predicted octanol–water partition coefficient (Wildman–Crippen LogP) is 1.95. The van der Waals surface area contributed by atoms with E-state index in [1.165, 1.54) is 0 Å². The van der Waals surface area contributed by atoms with Gasteiger partial charge >= 0.3 is 0 Å². The lowest BCUT2D eigenvalue weighted by Crippen LogP contribution is -2.58. The fourth-order valence-electron chi connectivity index (χ4n) is 3.45. The Hall–Kier alpha value is -1.50. The third kappa shape index (κ3) is 4.81. The summed E-state index contributed by atoms with van der Waals surface area (Å²) < 4.78 is 5.75. The van der Waals surface area contributed by atoms with Crippen LogP contribution in [0.1, 0.15) is 19.8 Å². The number of carbonyl (C=O) groups excluding carboxylic acids is 2. The second kappa shape index (κ2) is 9.44. The van der Waals surface area contributed by atoms with E-state index in [4.69, 9.17) is 16.3 Å². The maximum atomic E-state index is 12.8. The molecule has 2 atom stereocenters.